The summed E-state index contributed by atoms with van der Waals surface area (Å²) in [7, 11) is 3.07. The number of hydrogen-bond donors (Lipinski definition) is 3. The van der Waals surface area contributed by atoms with E-state index in [0.29, 0.717) is 17.1 Å². The molecule has 0 heterocycles. The monoisotopic (exact) mass is 431 g/mol. The Kier molecular flexibility index (Phi) is 7.88. The van der Waals surface area contributed by atoms with Crippen LogP contribution in [0.1, 0.15) is 31.9 Å². The van der Waals surface area contributed by atoms with Gasteiger partial charge in [0.2, 0.25) is 0 Å². The topological polar surface area (TPSA) is 114 Å². The van der Waals surface area contributed by atoms with Crippen molar-refractivity contribution >= 4 is 12.1 Å². The second kappa shape index (κ2) is 10.2. The molecule has 0 aliphatic carbocycles. The molecule has 1 atom stereocenters. The van der Waals surface area contributed by atoms with Gasteiger partial charge in [0, 0.05) is 6.42 Å². The average Bonchev–Trinajstić information content (AvgIpc) is 2.71. The van der Waals surface area contributed by atoms with Crippen LogP contribution >= 0.6 is 0 Å². The van der Waals surface area contributed by atoms with Crippen LogP contribution in [0.3, 0.4) is 0 Å². The van der Waals surface area contributed by atoms with E-state index in [1.54, 1.807) is 45.0 Å². The van der Waals surface area contributed by atoms with Crippen molar-refractivity contribution in [2.75, 3.05) is 14.2 Å². The number of amides is 1. The van der Waals surface area contributed by atoms with Gasteiger partial charge < -0.3 is 29.7 Å². The summed E-state index contributed by atoms with van der Waals surface area (Å²) in [6, 6.07) is 9.53. The van der Waals surface area contributed by atoms with E-state index < -0.39 is 23.7 Å². The molecule has 168 valence electrons. The fraction of sp³-hybridized carbons (Fsp3) is 0.391. The van der Waals surface area contributed by atoms with Crippen molar-refractivity contribution < 1.29 is 34.0 Å². The second-order valence-corrected chi connectivity index (χ2v) is 7.97. The third-order valence-corrected chi connectivity index (χ3v) is 4.42. The molecule has 0 bridgehead atoms. The quantitative estimate of drug-likeness (QED) is 0.587. The number of nitrogens with one attached hydrogen (secondary N) is 1. The molecule has 8 heteroatoms. The maximum atomic E-state index is 12.0. The minimum atomic E-state index is -1.15. The Hall–Kier alpha value is -3.26. The molecule has 1 amide bonds. The van der Waals surface area contributed by atoms with E-state index in [-0.39, 0.29) is 13.0 Å². The number of aliphatic hydroxyl groups excluding tert-OH is 1. The molecule has 2 rings (SSSR count). The first kappa shape index (κ1) is 24.0. The highest BCUT2D eigenvalue weighted by Crippen LogP contribution is 2.39. The lowest BCUT2D eigenvalue weighted by atomic mass is 9.98. The molecular formula is C23H29NO7. The smallest absolute Gasteiger partial charge is 0.408 e. The van der Waals surface area contributed by atoms with E-state index in [2.05, 4.69) is 5.32 Å². The number of rotatable bonds is 8. The number of carbonyl (C=O) groups is 2. The number of hydrogen-bond acceptors (Lipinski definition) is 6. The van der Waals surface area contributed by atoms with Crippen LogP contribution in [0.25, 0.3) is 11.1 Å². The van der Waals surface area contributed by atoms with Crippen LogP contribution in [0.2, 0.25) is 0 Å². The largest absolute Gasteiger partial charge is 0.496 e. The molecule has 8 nitrogen and oxygen atoms in total. The van der Waals surface area contributed by atoms with Gasteiger partial charge in [-0.3, -0.25) is 0 Å². The minimum Gasteiger partial charge on any atom is -0.496 e. The Labute approximate surface area is 181 Å². The number of ether oxygens (including phenoxy) is 3. The summed E-state index contributed by atoms with van der Waals surface area (Å²) in [5.41, 5.74) is 2.17. The van der Waals surface area contributed by atoms with Crippen molar-refractivity contribution in [2.45, 2.75) is 45.4 Å². The number of carbonyl (C=O) groups excluding carboxylic acids is 1. The molecule has 2 aromatic rings. The Balaban J connectivity index is 2.25. The molecule has 2 aromatic carbocycles. The third kappa shape index (κ3) is 6.62. The Bertz CT molecular complexity index is 892. The average molecular weight is 431 g/mol. The number of carboxylic acid groups (broad SMARTS) is 1. The van der Waals surface area contributed by atoms with Gasteiger partial charge in [-0.05, 0) is 49.6 Å². The fourth-order valence-corrected chi connectivity index (χ4v) is 3.04. The summed E-state index contributed by atoms with van der Waals surface area (Å²) < 4.78 is 16.1. The molecule has 0 radical (unpaired) electrons. The van der Waals surface area contributed by atoms with Crippen LogP contribution < -0.4 is 14.8 Å². The number of aliphatic carboxylic acids is 1. The van der Waals surface area contributed by atoms with E-state index >= 15 is 0 Å². The molecule has 0 aromatic heterocycles. The highest BCUT2D eigenvalue weighted by atomic mass is 16.6. The molecule has 0 spiro atoms. The van der Waals surface area contributed by atoms with Crippen LogP contribution in [-0.4, -0.2) is 48.1 Å². The molecule has 0 aliphatic rings. The van der Waals surface area contributed by atoms with Crippen LogP contribution in [0.5, 0.6) is 11.5 Å². The highest BCUT2D eigenvalue weighted by molar-refractivity contribution is 5.81. The molecular weight excluding hydrogens is 402 g/mol. The van der Waals surface area contributed by atoms with Crippen LogP contribution in [0.4, 0.5) is 4.79 Å². The molecule has 31 heavy (non-hydrogen) atoms. The maximum Gasteiger partial charge on any atom is 0.408 e. The lowest BCUT2D eigenvalue weighted by molar-refractivity contribution is -0.139. The molecule has 3 N–H and O–H groups in total. The van der Waals surface area contributed by atoms with Crippen LogP contribution in [0, 0.1) is 0 Å². The molecule has 0 saturated heterocycles. The van der Waals surface area contributed by atoms with Gasteiger partial charge in [-0.2, -0.15) is 0 Å². The third-order valence-electron chi connectivity index (χ3n) is 4.42. The van der Waals surface area contributed by atoms with Gasteiger partial charge in [0.1, 0.15) is 23.1 Å². The van der Waals surface area contributed by atoms with Crippen molar-refractivity contribution in [3.63, 3.8) is 0 Å². The highest BCUT2D eigenvalue weighted by Gasteiger charge is 2.24. The van der Waals surface area contributed by atoms with E-state index in [1.807, 2.05) is 12.1 Å². The minimum absolute atomic E-state index is 0.0899. The van der Waals surface area contributed by atoms with Gasteiger partial charge in [-0.15, -0.1) is 0 Å². The summed E-state index contributed by atoms with van der Waals surface area (Å²) >= 11 is 0. The SMILES string of the molecule is COc1cc(CO)cc(OC)c1-c1ccc(C[C@H](NC(=O)OC(C)(C)C)C(=O)O)cc1. The predicted molar refractivity (Wildman–Crippen MR) is 115 cm³/mol. The first-order valence-electron chi connectivity index (χ1n) is 9.75. The van der Waals surface area contributed by atoms with Crippen molar-refractivity contribution in [3.05, 3.63) is 47.5 Å². The first-order chi connectivity index (χ1) is 14.6. The van der Waals surface area contributed by atoms with E-state index in [9.17, 15) is 19.8 Å². The zero-order chi connectivity index (χ0) is 23.2. The van der Waals surface area contributed by atoms with Crippen LogP contribution in [0.15, 0.2) is 36.4 Å². The van der Waals surface area contributed by atoms with Gasteiger partial charge in [0.25, 0.3) is 0 Å². The fourth-order valence-electron chi connectivity index (χ4n) is 3.04. The molecule has 0 saturated carbocycles. The zero-order valence-electron chi connectivity index (χ0n) is 18.4. The summed E-state index contributed by atoms with van der Waals surface area (Å²) in [6.07, 6.45) is -0.693. The molecule has 0 fully saturated rings. The summed E-state index contributed by atoms with van der Waals surface area (Å²) in [5.74, 6) is -0.0600. The van der Waals surface area contributed by atoms with Gasteiger partial charge in [-0.25, -0.2) is 9.59 Å². The summed E-state index contributed by atoms with van der Waals surface area (Å²) in [6.45, 7) is 4.97. The van der Waals surface area contributed by atoms with Gasteiger partial charge in [0.05, 0.1) is 26.4 Å². The first-order valence-corrected chi connectivity index (χ1v) is 9.75. The van der Waals surface area contributed by atoms with E-state index in [1.165, 1.54) is 14.2 Å². The lowest BCUT2D eigenvalue weighted by Crippen LogP contribution is -2.44. The molecule has 0 unspecified atom stereocenters. The lowest BCUT2D eigenvalue weighted by Gasteiger charge is -2.22. The number of alkyl carbamates (subject to hydrolysis) is 1. The zero-order valence-corrected chi connectivity index (χ0v) is 18.4. The Morgan fingerprint density at radius 3 is 1.97 bits per heavy atom. The Morgan fingerprint density at radius 2 is 1.55 bits per heavy atom. The number of methoxy groups -OCH3 is 2. The number of carboxylic acids is 1. The Morgan fingerprint density at radius 1 is 1.00 bits per heavy atom. The summed E-state index contributed by atoms with van der Waals surface area (Å²) in [4.78, 5) is 23.6. The van der Waals surface area contributed by atoms with Crippen molar-refractivity contribution in [2.24, 2.45) is 0 Å². The number of benzene rings is 2. The van der Waals surface area contributed by atoms with Gasteiger partial charge in [-0.1, -0.05) is 24.3 Å². The van der Waals surface area contributed by atoms with E-state index in [0.717, 1.165) is 16.7 Å². The van der Waals surface area contributed by atoms with Crippen LogP contribution in [-0.2, 0) is 22.6 Å². The maximum absolute atomic E-state index is 12.0. The normalized spacial score (nSPS) is 12.1. The number of aliphatic hydroxyl groups is 1. The van der Waals surface area contributed by atoms with Gasteiger partial charge >= 0.3 is 12.1 Å². The molecule has 0 aliphatic heterocycles. The standard InChI is InChI=1S/C23H29NO7/c1-23(2,3)31-22(28)24-17(21(26)27)10-14-6-8-16(9-7-14)20-18(29-4)11-15(13-25)12-19(20)30-5/h6-9,11-12,17,25H,10,13H2,1-5H3,(H,24,28)(H,26,27)/t17-/m0/s1. The van der Waals surface area contributed by atoms with E-state index in [4.69, 9.17) is 14.2 Å². The second-order valence-electron chi connectivity index (χ2n) is 7.97. The van der Waals surface area contributed by atoms with Gasteiger partial charge in [0.15, 0.2) is 0 Å². The van der Waals surface area contributed by atoms with Crippen molar-refractivity contribution in [1.82, 2.24) is 5.32 Å². The van der Waals surface area contributed by atoms with Crippen molar-refractivity contribution in [3.8, 4) is 22.6 Å². The summed E-state index contributed by atoms with van der Waals surface area (Å²) in [5, 5.41) is 21.3. The van der Waals surface area contributed by atoms with Crippen molar-refractivity contribution in [1.29, 1.82) is 0 Å². The predicted octanol–water partition coefficient (Wildman–Crippen LogP) is 3.38.